The van der Waals surface area contributed by atoms with E-state index in [0.717, 1.165) is 24.1 Å². The monoisotopic (exact) mass is 381 g/mol. The highest BCUT2D eigenvalue weighted by Gasteiger charge is 2.32. The Morgan fingerprint density at radius 3 is 2.61 bits per heavy atom. The fourth-order valence-corrected chi connectivity index (χ4v) is 3.57. The molecule has 1 aliphatic rings. The van der Waals surface area contributed by atoms with Crippen molar-refractivity contribution >= 4 is 11.8 Å². The molecule has 6 heteroatoms. The summed E-state index contributed by atoms with van der Waals surface area (Å²) in [5.41, 5.74) is 1.68. The van der Waals surface area contributed by atoms with Crippen molar-refractivity contribution in [3.63, 3.8) is 0 Å². The maximum absolute atomic E-state index is 13.1. The van der Waals surface area contributed by atoms with Crippen LogP contribution in [-0.4, -0.2) is 46.5 Å². The minimum Gasteiger partial charge on any atom is -0.396 e. The SMILES string of the molecule is O=C(NCC(CO)Cc1ccccn1)C(c1ccccc1)N1CCCCC1=O. The Hall–Kier alpha value is -2.73. The molecule has 1 aromatic heterocycles. The Balaban J connectivity index is 1.69. The number of aliphatic hydroxyl groups excluding tert-OH is 1. The number of hydrogen-bond acceptors (Lipinski definition) is 4. The van der Waals surface area contributed by atoms with Gasteiger partial charge in [0.05, 0.1) is 0 Å². The molecule has 1 saturated heterocycles. The molecule has 28 heavy (non-hydrogen) atoms. The largest absolute Gasteiger partial charge is 0.396 e. The summed E-state index contributed by atoms with van der Waals surface area (Å²) < 4.78 is 0. The minimum atomic E-state index is -0.636. The Kier molecular flexibility index (Phi) is 7.14. The number of aromatic nitrogens is 1. The highest BCUT2D eigenvalue weighted by atomic mass is 16.3. The van der Waals surface area contributed by atoms with Crippen LogP contribution in [0.4, 0.5) is 0 Å². The van der Waals surface area contributed by atoms with Crippen LogP contribution >= 0.6 is 0 Å². The Bertz CT molecular complexity index is 767. The summed E-state index contributed by atoms with van der Waals surface area (Å²) in [4.78, 5) is 31.5. The van der Waals surface area contributed by atoms with E-state index in [1.165, 1.54) is 0 Å². The highest BCUT2D eigenvalue weighted by molar-refractivity contribution is 5.89. The molecule has 1 aromatic carbocycles. The lowest BCUT2D eigenvalue weighted by molar-refractivity contribution is -0.142. The topological polar surface area (TPSA) is 82.5 Å². The second-order valence-corrected chi connectivity index (χ2v) is 7.18. The van der Waals surface area contributed by atoms with Crippen molar-refractivity contribution in [1.29, 1.82) is 0 Å². The number of nitrogens with zero attached hydrogens (tertiary/aromatic N) is 2. The summed E-state index contributed by atoms with van der Waals surface area (Å²) >= 11 is 0. The van der Waals surface area contributed by atoms with Gasteiger partial charge in [0.25, 0.3) is 0 Å². The van der Waals surface area contributed by atoms with E-state index < -0.39 is 6.04 Å². The molecule has 148 valence electrons. The van der Waals surface area contributed by atoms with Crippen LogP contribution in [0.5, 0.6) is 0 Å². The normalized spacial score (nSPS) is 16.5. The molecular weight excluding hydrogens is 354 g/mol. The van der Waals surface area contributed by atoms with Crippen molar-refractivity contribution in [2.45, 2.75) is 31.7 Å². The van der Waals surface area contributed by atoms with Crippen LogP contribution in [0.25, 0.3) is 0 Å². The molecule has 0 radical (unpaired) electrons. The standard InChI is InChI=1S/C22H27N3O3/c26-16-17(14-19-10-4-6-12-23-19)15-24-22(28)21(18-8-2-1-3-9-18)25-13-7-5-11-20(25)27/h1-4,6,8-10,12,17,21,26H,5,7,11,13-16H2,(H,24,28). The number of likely N-dealkylation sites (tertiary alicyclic amines) is 1. The molecule has 0 saturated carbocycles. The van der Waals surface area contributed by atoms with Crippen molar-refractivity contribution in [1.82, 2.24) is 15.2 Å². The number of pyridine rings is 1. The zero-order valence-electron chi connectivity index (χ0n) is 16.0. The van der Waals surface area contributed by atoms with Crippen molar-refractivity contribution in [3.8, 4) is 0 Å². The summed E-state index contributed by atoms with van der Waals surface area (Å²) in [6.07, 6.45) is 4.55. The molecule has 2 atom stereocenters. The van der Waals surface area contributed by atoms with Crippen LogP contribution in [0.15, 0.2) is 54.7 Å². The van der Waals surface area contributed by atoms with E-state index >= 15 is 0 Å². The first-order valence-electron chi connectivity index (χ1n) is 9.82. The maximum Gasteiger partial charge on any atom is 0.247 e. The van der Waals surface area contributed by atoms with E-state index in [1.54, 1.807) is 11.1 Å². The van der Waals surface area contributed by atoms with Gasteiger partial charge in [0.2, 0.25) is 11.8 Å². The van der Waals surface area contributed by atoms with Gasteiger partial charge in [0.15, 0.2) is 0 Å². The van der Waals surface area contributed by atoms with E-state index in [2.05, 4.69) is 10.3 Å². The van der Waals surface area contributed by atoms with Gasteiger partial charge in [0.1, 0.15) is 6.04 Å². The van der Waals surface area contributed by atoms with Gasteiger partial charge in [0, 0.05) is 43.9 Å². The number of rotatable bonds is 8. The predicted molar refractivity (Wildman–Crippen MR) is 106 cm³/mol. The van der Waals surface area contributed by atoms with Crippen molar-refractivity contribution in [3.05, 3.63) is 66.0 Å². The summed E-state index contributed by atoms with van der Waals surface area (Å²) in [5, 5.41) is 12.7. The fourth-order valence-electron chi connectivity index (χ4n) is 3.57. The van der Waals surface area contributed by atoms with E-state index in [-0.39, 0.29) is 24.3 Å². The van der Waals surface area contributed by atoms with Crippen LogP contribution in [0.1, 0.15) is 36.6 Å². The Morgan fingerprint density at radius 1 is 1.14 bits per heavy atom. The van der Waals surface area contributed by atoms with Crippen molar-refractivity contribution < 1.29 is 14.7 Å². The van der Waals surface area contributed by atoms with Crippen molar-refractivity contribution in [2.75, 3.05) is 19.7 Å². The average Bonchev–Trinajstić information content (AvgIpc) is 2.74. The third kappa shape index (κ3) is 5.16. The summed E-state index contributed by atoms with van der Waals surface area (Å²) in [7, 11) is 0. The van der Waals surface area contributed by atoms with Crippen LogP contribution in [0.3, 0.4) is 0 Å². The molecule has 2 N–H and O–H groups in total. The number of amides is 2. The molecule has 1 fully saturated rings. The number of carbonyl (C=O) groups excluding carboxylic acids is 2. The fraction of sp³-hybridized carbons (Fsp3) is 0.409. The van der Waals surface area contributed by atoms with Crippen LogP contribution in [0, 0.1) is 5.92 Å². The second-order valence-electron chi connectivity index (χ2n) is 7.18. The lowest BCUT2D eigenvalue weighted by atomic mass is 9.99. The van der Waals surface area contributed by atoms with Crippen LogP contribution in [-0.2, 0) is 16.0 Å². The zero-order valence-corrected chi connectivity index (χ0v) is 16.0. The van der Waals surface area contributed by atoms with E-state index in [0.29, 0.717) is 25.9 Å². The first-order valence-corrected chi connectivity index (χ1v) is 9.82. The molecule has 0 spiro atoms. The van der Waals surface area contributed by atoms with Gasteiger partial charge < -0.3 is 15.3 Å². The third-order valence-electron chi connectivity index (χ3n) is 5.08. The number of carbonyl (C=O) groups is 2. The van der Waals surface area contributed by atoms with E-state index in [4.69, 9.17) is 0 Å². The minimum absolute atomic E-state index is 0.0162. The van der Waals surface area contributed by atoms with Crippen LogP contribution in [0.2, 0.25) is 0 Å². The first-order chi connectivity index (χ1) is 13.7. The highest BCUT2D eigenvalue weighted by Crippen LogP contribution is 2.25. The third-order valence-corrected chi connectivity index (χ3v) is 5.08. The summed E-state index contributed by atoms with van der Waals surface area (Å²) in [6, 6.07) is 14.4. The Labute approximate surface area is 165 Å². The van der Waals surface area contributed by atoms with Crippen LogP contribution < -0.4 is 5.32 Å². The lowest BCUT2D eigenvalue weighted by Gasteiger charge is -2.34. The lowest BCUT2D eigenvalue weighted by Crippen LogP contribution is -2.46. The molecule has 2 amide bonds. The van der Waals surface area contributed by atoms with Gasteiger partial charge in [-0.15, -0.1) is 0 Å². The van der Waals surface area contributed by atoms with Gasteiger partial charge in [-0.2, -0.15) is 0 Å². The molecule has 6 nitrogen and oxygen atoms in total. The predicted octanol–water partition coefficient (Wildman–Crippen LogP) is 2.10. The van der Waals surface area contributed by atoms with Gasteiger partial charge in [-0.25, -0.2) is 0 Å². The number of benzene rings is 1. The average molecular weight is 381 g/mol. The van der Waals surface area contributed by atoms with Gasteiger partial charge >= 0.3 is 0 Å². The summed E-state index contributed by atoms with van der Waals surface area (Å²) in [6.45, 7) is 0.871. The molecule has 2 unspecified atom stereocenters. The van der Waals surface area contributed by atoms with Crippen molar-refractivity contribution in [2.24, 2.45) is 5.92 Å². The molecule has 2 heterocycles. The maximum atomic E-state index is 13.1. The second kappa shape index (κ2) is 9.99. The smallest absolute Gasteiger partial charge is 0.247 e. The van der Waals surface area contributed by atoms with E-state index in [9.17, 15) is 14.7 Å². The van der Waals surface area contributed by atoms with Gasteiger partial charge in [-0.1, -0.05) is 36.4 Å². The molecule has 0 aliphatic carbocycles. The van der Waals surface area contributed by atoms with E-state index in [1.807, 2.05) is 48.5 Å². The van der Waals surface area contributed by atoms with Gasteiger partial charge in [-0.05, 0) is 37.0 Å². The number of piperidine rings is 1. The zero-order chi connectivity index (χ0) is 19.8. The number of nitrogens with one attached hydrogen (secondary N) is 1. The first kappa shape index (κ1) is 20.0. The molecule has 1 aliphatic heterocycles. The Morgan fingerprint density at radius 2 is 1.93 bits per heavy atom. The molecule has 2 aromatic rings. The quantitative estimate of drug-likeness (QED) is 0.734. The molecule has 3 rings (SSSR count). The van der Waals surface area contributed by atoms with Gasteiger partial charge in [-0.3, -0.25) is 14.6 Å². The molecule has 0 bridgehead atoms. The number of hydrogen-bond donors (Lipinski definition) is 2. The summed E-state index contributed by atoms with van der Waals surface area (Å²) in [5.74, 6) is -0.323. The number of aliphatic hydroxyl groups is 1. The molecular formula is C22H27N3O3.